The van der Waals surface area contributed by atoms with Crippen molar-refractivity contribution in [3.63, 3.8) is 0 Å². The summed E-state index contributed by atoms with van der Waals surface area (Å²) in [6, 6.07) is -0.338. The quantitative estimate of drug-likeness (QED) is 0.700. The lowest BCUT2D eigenvalue weighted by atomic mass is 9.73. The molecule has 1 fully saturated rings. The molecule has 0 saturated carbocycles. The Bertz CT molecular complexity index is 201. The summed E-state index contributed by atoms with van der Waals surface area (Å²) in [7, 11) is 0. The lowest BCUT2D eigenvalue weighted by molar-refractivity contribution is -0.141. The number of hydrogen-bond donors (Lipinski definition) is 2. The molecule has 2 atom stereocenters. The average molecular weight is 185 g/mol. The molecule has 2 N–H and O–H groups in total. The molecule has 0 aromatic rings. The minimum atomic E-state index is -0.705. The van der Waals surface area contributed by atoms with E-state index >= 15 is 0 Å². The lowest BCUT2D eigenvalue weighted by Gasteiger charge is -2.32. The zero-order chi connectivity index (χ0) is 10.1. The summed E-state index contributed by atoms with van der Waals surface area (Å²) >= 11 is 0. The third kappa shape index (κ3) is 2.02. The van der Waals surface area contributed by atoms with Crippen molar-refractivity contribution in [3.05, 3.63) is 0 Å². The van der Waals surface area contributed by atoms with Crippen LogP contribution in [0.4, 0.5) is 0 Å². The van der Waals surface area contributed by atoms with E-state index in [4.69, 9.17) is 5.11 Å². The zero-order valence-corrected chi connectivity index (χ0v) is 8.63. The first-order valence-corrected chi connectivity index (χ1v) is 4.95. The van der Waals surface area contributed by atoms with Gasteiger partial charge in [-0.1, -0.05) is 27.2 Å². The largest absolute Gasteiger partial charge is 0.480 e. The van der Waals surface area contributed by atoms with E-state index in [0.717, 1.165) is 19.4 Å². The Morgan fingerprint density at radius 1 is 1.62 bits per heavy atom. The standard InChI is InChI=1S/C10H19NO2/c1-4-10(2,3)7-5-6-11-8(7)9(12)13/h7-8,11H,4-6H2,1-3H3,(H,12,13). The third-order valence-electron chi connectivity index (χ3n) is 3.40. The predicted octanol–water partition coefficient (Wildman–Crippen LogP) is 1.49. The molecular formula is C10H19NO2. The van der Waals surface area contributed by atoms with E-state index in [2.05, 4.69) is 26.1 Å². The molecule has 0 amide bonds. The van der Waals surface area contributed by atoms with Crippen LogP contribution in [0.1, 0.15) is 33.6 Å². The Hall–Kier alpha value is -0.570. The molecule has 0 spiro atoms. The number of carboxylic acids is 1. The van der Waals surface area contributed by atoms with Crippen molar-refractivity contribution in [3.8, 4) is 0 Å². The van der Waals surface area contributed by atoms with Gasteiger partial charge in [0.15, 0.2) is 0 Å². The van der Waals surface area contributed by atoms with Gasteiger partial charge in [0, 0.05) is 0 Å². The molecule has 13 heavy (non-hydrogen) atoms. The summed E-state index contributed by atoms with van der Waals surface area (Å²) in [5.74, 6) is -0.431. The van der Waals surface area contributed by atoms with E-state index in [9.17, 15) is 4.79 Å². The fourth-order valence-corrected chi connectivity index (χ4v) is 2.07. The van der Waals surface area contributed by atoms with Crippen molar-refractivity contribution >= 4 is 5.97 Å². The van der Waals surface area contributed by atoms with Crippen LogP contribution in [-0.4, -0.2) is 23.7 Å². The highest BCUT2D eigenvalue weighted by Gasteiger charge is 2.41. The molecule has 3 heteroatoms. The monoisotopic (exact) mass is 185 g/mol. The van der Waals surface area contributed by atoms with Crippen LogP contribution in [-0.2, 0) is 4.79 Å². The fraction of sp³-hybridized carbons (Fsp3) is 0.900. The minimum Gasteiger partial charge on any atom is -0.480 e. The molecule has 0 radical (unpaired) electrons. The summed E-state index contributed by atoms with van der Waals surface area (Å²) in [5.41, 5.74) is 0.132. The molecule has 1 heterocycles. The summed E-state index contributed by atoms with van der Waals surface area (Å²) in [6.07, 6.45) is 2.01. The van der Waals surface area contributed by atoms with Gasteiger partial charge in [0.2, 0.25) is 0 Å². The molecule has 0 aliphatic carbocycles. The van der Waals surface area contributed by atoms with Crippen LogP contribution in [0.25, 0.3) is 0 Å². The minimum absolute atomic E-state index is 0.132. The highest BCUT2D eigenvalue weighted by atomic mass is 16.4. The molecule has 2 unspecified atom stereocenters. The van der Waals surface area contributed by atoms with Gasteiger partial charge >= 0.3 is 5.97 Å². The van der Waals surface area contributed by atoms with E-state index < -0.39 is 5.97 Å². The maximum Gasteiger partial charge on any atom is 0.321 e. The molecule has 1 saturated heterocycles. The molecule has 3 nitrogen and oxygen atoms in total. The number of aliphatic carboxylic acids is 1. The fourth-order valence-electron chi connectivity index (χ4n) is 2.07. The zero-order valence-electron chi connectivity index (χ0n) is 8.63. The van der Waals surface area contributed by atoms with Crippen molar-refractivity contribution in [1.29, 1.82) is 0 Å². The average Bonchev–Trinajstić information content (AvgIpc) is 2.52. The maximum absolute atomic E-state index is 10.9. The molecule has 76 valence electrons. The second-order valence-corrected chi connectivity index (χ2v) is 4.51. The molecule has 0 aromatic carbocycles. The molecule has 0 aromatic heterocycles. The Kier molecular flexibility index (Phi) is 2.96. The molecule has 1 rings (SSSR count). The van der Waals surface area contributed by atoms with Gasteiger partial charge in [0.1, 0.15) is 6.04 Å². The third-order valence-corrected chi connectivity index (χ3v) is 3.40. The van der Waals surface area contributed by atoms with Crippen molar-refractivity contribution < 1.29 is 9.90 Å². The summed E-state index contributed by atoms with van der Waals surface area (Å²) in [4.78, 5) is 10.9. The highest BCUT2D eigenvalue weighted by Crippen LogP contribution is 2.37. The van der Waals surface area contributed by atoms with Gasteiger partial charge < -0.3 is 10.4 Å². The molecule has 0 bridgehead atoms. The SMILES string of the molecule is CCC(C)(C)C1CCNC1C(=O)O. The van der Waals surface area contributed by atoms with Crippen LogP contribution in [0.15, 0.2) is 0 Å². The Balaban J connectivity index is 2.73. The predicted molar refractivity (Wildman–Crippen MR) is 51.6 cm³/mol. The number of nitrogens with one attached hydrogen (secondary N) is 1. The first-order valence-electron chi connectivity index (χ1n) is 4.95. The van der Waals surface area contributed by atoms with Crippen LogP contribution in [0.2, 0.25) is 0 Å². The summed E-state index contributed by atoms with van der Waals surface area (Å²) in [6.45, 7) is 7.27. The number of carbonyl (C=O) groups is 1. The number of rotatable bonds is 3. The Morgan fingerprint density at radius 2 is 2.23 bits per heavy atom. The van der Waals surface area contributed by atoms with Crippen LogP contribution in [0.3, 0.4) is 0 Å². The van der Waals surface area contributed by atoms with Crippen LogP contribution < -0.4 is 5.32 Å². The van der Waals surface area contributed by atoms with Crippen molar-refractivity contribution in [2.24, 2.45) is 11.3 Å². The number of hydrogen-bond acceptors (Lipinski definition) is 2. The van der Waals surface area contributed by atoms with Gasteiger partial charge in [-0.25, -0.2) is 0 Å². The lowest BCUT2D eigenvalue weighted by Crippen LogP contribution is -2.41. The second-order valence-electron chi connectivity index (χ2n) is 4.51. The van der Waals surface area contributed by atoms with Gasteiger partial charge in [0.05, 0.1) is 0 Å². The van der Waals surface area contributed by atoms with Crippen molar-refractivity contribution in [2.45, 2.75) is 39.7 Å². The van der Waals surface area contributed by atoms with Crippen molar-refractivity contribution in [2.75, 3.05) is 6.54 Å². The first kappa shape index (κ1) is 10.5. The topological polar surface area (TPSA) is 49.3 Å². The Labute approximate surface area is 79.5 Å². The van der Waals surface area contributed by atoms with Crippen LogP contribution in [0.5, 0.6) is 0 Å². The first-order chi connectivity index (χ1) is 5.99. The second kappa shape index (κ2) is 3.66. The van der Waals surface area contributed by atoms with E-state index in [-0.39, 0.29) is 17.4 Å². The van der Waals surface area contributed by atoms with E-state index in [0.29, 0.717) is 0 Å². The normalized spacial score (nSPS) is 29.2. The number of carboxylic acid groups (broad SMARTS) is 1. The van der Waals surface area contributed by atoms with Gasteiger partial charge in [-0.05, 0) is 24.3 Å². The van der Waals surface area contributed by atoms with Crippen LogP contribution >= 0.6 is 0 Å². The smallest absolute Gasteiger partial charge is 0.321 e. The molecule has 1 aliphatic rings. The maximum atomic E-state index is 10.9. The summed E-state index contributed by atoms with van der Waals surface area (Å²) in [5, 5.41) is 12.0. The van der Waals surface area contributed by atoms with Crippen LogP contribution in [0, 0.1) is 11.3 Å². The van der Waals surface area contributed by atoms with Gasteiger partial charge in [0.25, 0.3) is 0 Å². The molecule has 1 aliphatic heterocycles. The van der Waals surface area contributed by atoms with E-state index in [1.807, 2.05) is 0 Å². The summed E-state index contributed by atoms with van der Waals surface area (Å²) < 4.78 is 0. The molecular weight excluding hydrogens is 166 g/mol. The van der Waals surface area contributed by atoms with Gasteiger partial charge in [-0.2, -0.15) is 0 Å². The van der Waals surface area contributed by atoms with E-state index in [1.165, 1.54) is 0 Å². The van der Waals surface area contributed by atoms with E-state index in [1.54, 1.807) is 0 Å². The van der Waals surface area contributed by atoms with Crippen molar-refractivity contribution in [1.82, 2.24) is 5.32 Å². The van der Waals surface area contributed by atoms with Gasteiger partial charge in [-0.3, -0.25) is 4.79 Å². The van der Waals surface area contributed by atoms with Gasteiger partial charge in [-0.15, -0.1) is 0 Å². The Morgan fingerprint density at radius 3 is 2.69 bits per heavy atom. The highest BCUT2D eigenvalue weighted by molar-refractivity contribution is 5.74.